The highest BCUT2D eigenvalue weighted by Gasteiger charge is 2.17. The lowest BCUT2D eigenvalue weighted by atomic mass is 10.1. The summed E-state index contributed by atoms with van der Waals surface area (Å²) in [4.78, 5) is 15.3. The van der Waals surface area contributed by atoms with Crippen molar-refractivity contribution in [3.05, 3.63) is 77.2 Å². The molecule has 112 valence electrons. The van der Waals surface area contributed by atoms with Gasteiger partial charge in [0.25, 0.3) is 5.56 Å². The number of rotatable bonds is 2. The third-order valence-corrected chi connectivity index (χ3v) is 3.80. The van der Waals surface area contributed by atoms with Gasteiger partial charge in [-0.2, -0.15) is 9.61 Å². The molecule has 0 aliphatic carbocycles. The lowest BCUT2D eigenvalue weighted by Crippen LogP contribution is -2.12. The molecule has 23 heavy (non-hydrogen) atoms. The van der Waals surface area contributed by atoms with Crippen molar-refractivity contribution in [1.29, 1.82) is 0 Å². The lowest BCUT2D eigenvalue weighted by Gasteiger charge is -2.06. The quantitative estimate of drug-likeness (QED) is 0.598. The Bertz CT molecular complexity index is 1030. The summed E-state index contributed by atoms with van der Waals surface area (Å²) in [5.74, 6) is -0.169. The third kappa shape index (κ3) is 2.10. The zero-order valence-corrected chi connectivity index (χ0v) is 12.1. The topological polar surface area (TPSA) is 70.4 Å². The predicted octanol–water partition coefficient (Wildman–Crippen LogP) is 3.06. The van der Waals surface area contributed by atoms with Gasteiger partial charge in [-0.25, -0.2) is 0 Å². The van der Waals surface area contributed by atoms with Gasteiger partial charge in [0.05, 0.1) is 6.20 Å². The largest absolute Gasteiger partial charge is 0.493 e. The predicted molar refractivity (Wildman–Crippen MR) is 88.3 cm³/mol. The summed E-state index contributed by atoms with van der Waals surface area (Å²) in [6.07, 6.45) is 1.63. The summed E-state index contributed by atoms with van der Waals surface area (Å²) in [7, 11) is 0. The summed E-state index contributed by atoms with van der Waals surface area (Å²) in [6.45, 7) is 0. The number of nitrogens with one attached hydrogen (secondary N) is 1. The van der Waals surface area contributed by atoms with Gasteiger partial charge >= 0.3 is 0 Å². The Hall–Kier alpha value is -3.34. The van der Waals surface area contributed by atoms with E-state index in [-0.39, 0.29) is 17.0 Å². The number of H-pyrrole nitrogens is 1. The summed E-state index contributed by atoms with van der Waals surface area (Å²) in [5, 5.41) is 14.7. The molecule has 0 fully saturated rings. The van der Waals surface area contributed by atoms with E-state index in [1.165, 1.54) is 4.52 Å². The molecule has 0 saturated heterocycles. The Labute approximate surface area is 131 Å². The lowest BCUT2D eigenvalue weighted by molar-refractivity contribution is 0.437. The average Bonchev–Trinajstić information content (AvgIpc) is 3.00. The van der Waals surface area contributed by atoms with Crippen LogP contribution in [0.4, 0.5) is 0 Å². The summed E-state index contributed by atoms with van der Waals surface area (Å²) < 4.78 is 1.35. The molecule has 5 heteroatoms. The summed E-state index contributed by atoms with van der Waals surface area (Å²) in [6, 6.07) is 18.6. The fourth-order valence-electron chi connectivity index (χ4n) is 2.70. The number of aromatic hydroxyl groups is 1. The van der Waals surface area contributed by atoms with Crippen molar-refractivity contribution in [3.63, 3.8) is 0 Å². The van der Waals surface area contributed by atoms with Gasteiger partial charge in [-0.1, -0.05) is 60.7 Å². The van der Waals surface area contributed by atoms with E-state index in [0.29, 0.717) is 11.2 Å². The SMILES string of the molecule is O=c1[nH]c2c(-c3ccccc3)cnn2c(O)c1-c1ccccc1. The van der Waals surface area contributed by atoms with Crippen molar-refractivity contribution < 1.29 is 5.11 Å². The molecule has 0 unspecified atom stereocenters. The summed E-state index contributed by atoms with van der Waals surface area (Å²) in [5.41, 5.74) is 2.66. The number of hydrogen-bond acceptors (Lipinski definition) is 3. The Morgan fingerprint density at radius 2 is 1.52 bits per heavy atom. The van der Waals surface area contributed by atoms with E-state index in [2.05, 4.69) is 10.1 Å². The summed E-state index contributed by atoms with van der Waals surface area (Å²) >= 11 is 0. The van der Waals surface area contributed by atoms with Gasteiger partial charge in [0.1, 0.15) is 11.2 Å². The van der Waals surface area contributed by atoms with Crippen LogP contribution in [0.2, 0.25) is 0 Å². The van der Waals surface area contributed by atoms with E-state index in [1.54, 1.807) is 18.3 Å². The maximum atomic E-state index is 12.5. The first kappa shape index (κ1) is 13.3. The van der Waals surface area contributed by atoms with Crippen molar-refractivity contribution in [1.82, 2.24) is 14.6 Å². The third-order valence-electron chi connectivity index (χ3n) is 3.80. The maximum absolute atomic E-state index is 12.5. The fraction of sp³-hybridized carbons (Fsp3) is 0. The Balaban J connectivity index is 2.00. The van der Waals surface area contributed by atoms with Crippen LogP contribution in [0.25, 0.3) is 27.9 Å². The smallest absolute Gasteiger partial charge is 0.262 e. The van der Waals surface area contributed by atoms with Gasteiger partial charge in [0, 0.05) is 5.56 Å². The Morgan fingerprint density at radius 3 is 2.17 bits per heavy atom. The molecule has 0 aliphatic heterocycles. The highest BCUT2D eigenvalue weighted by Crippen LogP contribution is 2.29. The molecular weight excluding hydrogens is 290 g/mol. The molecule has 4 aromatic rings. The maximum Gasteiger partial charge on any atom is 0.262 e. The van der Waals surface area contributed by atoms with Crippen molar-refractivity contribution >= 4 is 5.65 Å². The molecule has 0 saturated carbocycles. The number of nitrogens with zero attached hydrogens (tertiary/aromatic N) is 2. The molecule has 0 bridgehead atoms. The van der Waals surface area contributed by atoms with Gasteiger partial charge in [-0.15, -0.1) is 0 Å². The second-order valence-corrected chi connectivity index (χ2v) is 5.20. The first-order valence-corrected chi connectivity index (χ1v) is 7.19. The van der Waals surface area contributed by atoms with Gasteiger partial charge < -0.3 is 10.1 Å². The molecule has 2 aromatic heterocycles. The van der Waals surface area contributed by atoms with E-state index in [0.717, 1.165) is 11.1 Å². The van der Waals surface area contributed by atoms with Crippen LogP contribution in [0.3, 0.4) is 0 Å². The number of aromatic nitrogens is 3. The Kier molecular flexibility index (Phi) is 2.98. The van der Waals surface area contributed by atoms with Crippen LogP contribution >= 0.6 is 0 Å². The number of benzene rings is 2. The van der Waals surface area contributed by atoms with E-state index in [4.69, 9.17) is 0 Å². The molecule has 4 rings (SSSR count). The molecule has 2 aromatic carbocycles. The molecule has 5 nitrogen and oxygen atoms in total. The van der Waals surface area contributed by atoms with Crippen LogP contribution in [-0.2, 0) is 0 Å². The molecule has 2 heterocycles. The van der Waals surface area contributed by atoms with Crippen molar-refractivity contribution in [2.45, 2.75) is 0 Å². The van der Waals surface area contributed by atoms with Crippen LogP contribution in [0, 0.1) is 0 Å². The van der Waals surface area contributed by atoms with Crippen LogP contribution in [0.1, 0.15) is 0 Å². The van der Waals surface area contributed by atoms with Crippen LogP contribution in [0.15, 0.2) is 71.7 Å². The highest BCUT2D eigenvalue weighted by molar-refractivity contribution is 5.79. The second-order valence-electron chi connectivity index (χ2n) is 5.20. The average molecular weight is 303 g/mol. The number of aromatic amines is 1. The number of fused-ring (bicyclic) bond motifs is 1. The molecule has 0 amide bonds. The van der Waals surface area contributed by atoms with Crippen LogP contribution in [0.5, 0.6) is 5.88 Å². The second kappa shape index (κ2) is 5.14. The zero-order valence-electron chi connectivity index (χ0n) is 12.1. The van der Waals surface area contributed by atoms with Gasteiger partial charge in [-0.3, -0.25) is 4.79 Å². The molecule has 0 radical (unpaired) electrons. The first-order chi connectivity index (χ1) is 11.3. The van der Waals surface area contributed by atoms with Gasteiger partial charge in [-0.05, 0) is 11.1 Å². The van der Waals surface area contributed by atoms with Crippen molar-refractivity contribution in [2.24, 2.45) is 0 Å². The van der Waals surface area contributed by atoms with Gasteiger partial charge in [0.2, 0.25) is 5.88 Å². The molecular formula is C18H13N3O2. The molecule has 0 aliphatic rings. The molecule has 0 atom stereocenters. The van der Waals surface area contributed by atoms with E-state index in [9.17, 15) is 9.90 Å². The minimum absolute atomic E-state index is 0.169. The first-order valence-electron chi connectivity index (χ1n) is 7.19. The number of hydrogen-bond donors (Lipinski definition) is 2. The van der Waals surface area contributed by atoms with Crippen LogP contribution < -0.4 is 5.56 Å². The van der Waals surface area contributed by atoms with Crippen molar-refractivity contribution in [3.8, 4) is 28.1 Å². The van der Waals surface area contributed by atoms with E-state index < -0.39 is 0 Å². The minimum Gasteiger partial charge on any atom is -0.493 e. The van der Waals surface area contributed by atoms with E-state index in [1.807, 2.05) is 48.5 Å². The van der Waals surface area contributed by atoms with Crippen molar-refractivity contribution in [2.75, 3.05) is 0 Å². The van der Waals surface area contributed by atoms with E-state index >= 15 is 0 Å². The van der Waals surface area contributed by atoms with Crippen LogP contribution in [-0.4, -0.2) is 19.7 Å². The standard InChI is InChI=1S/C18H13N3O2/c22-17-15(13-9-5-2-6-10-13)18(23)21-16(20-17)14(11-19-21)12-7-3-1-4-8-12/h1-11,23H,(H,20,22). The minimum atomic E-state index is -0.348. The fourth-order valence-corrected chi connectivity index (χ4v) is 2.70. The van der Waals surface area contributed by atoms with Gasteiger partial charge in [0.15, 0.2) is 0 Å². The zero-order chi connectivity index (χ0) is 15.8. The monoisotopic (exact) mass is 303 g/mol. The Morgan fingerprint density at radius 1 is 0.913 bits per heavy atom. The normalized spacial score (nSPS) is 11.0. The molecule has 2 N–H and O–H groups in total. The highest BCUT2D eigenvalue weighted by atomic mass is 16.3. The molecule has 0 spiro atoms.